The van der Waals surface area contributed by atoms with Gasteiger partial charge in [-0.25, -0.2) is 4.39 Å². The minimum atomic E-state index is -4.89. The Labute approximate surface area is 107 Å². The highest BCUT2D eigenvalue weighted by molar-refractivity contribution is 9.10. The van der Waals surface area contributed by atoms with Gasteiger partial charge in [-0.1, -0.05) is 15.9 Å². The molecule has 0 fully saturated rings. The number of carbonyl (C=O) groups is 1. The third kappa shape index (κ3) is 4.17. The van der Waals surface area contributed by atoms with Crippen LogP contribution in [0.25, 0.3) is 0 Å². The number of hydrogen-bond donors (Lipinski definition) is 1. The van der Waals surface area contributed by atoms with E-state index in [-0.39, 0.29) is 0 Å². The van der Waals surface area contributed by atoms with E-state index in [1.807, 2.05) is 0 Å². The van der Waals surface area contributed by atoms with E-state index >= 15 is 0 Å². The summed E-state index contributed by atoms with van der Waals surface area (Å²) in [7, 11) is 0. The van der Waals surface area contributed by atoms with Crippen molar-refractivity contribution in [3.63, 3.8) is 0 Å². The Morgan fingerprint density at radius 2 is 2.06 bits per heavy atom. The fourth-order valence-corrected chi connectivity index (χ4v) is 1.44. The van der Waals surface area contributed by atoms with Gasteiger partial charge in [0.2, 0.25) is 6.10 Å². The number of halogens is 5. The van der Waals surface area contributed by atoms with Crippen molar-refractivity contribution in [3.8, 4) is 5.75 Å². The van der Waals surface area contributed by atoms with E-state index < -0.39 is 36.2 Å². The molecule has 1 aromatic rings. The summed E-state index contributed by atoms with van der Waals surface area (Å²) in [6.45, 7) is 0. The van der Waals surface area contributed by atoms with Crippen molar-refractivity contribution in [2.75, 3.05) is 0 Å². The number of aliphatic carboxylic acids is 1. The van der Waals surface area contributed by atoms with E-state index in [4.69, 9.17) is 5.11 Å². The standard InChI is InChI=1S/C10H7BrF4O3/c11-5-1-2-7(6(12)3-5)18-8(4-9(16)17)10(13,14)15/h1-3,8H,4H2,(H,16,17). The van der Waals surface area contributed by atoms with Crippen LogP contribution in [0.15, 0.2) is 22.7 Å². The Balaban J connectivity index is 2.92. The second-order valence-corrected chi connectivity index (χ2v) is 4.24. The molecule has 0 saturated carbocycles. The predicted molar refractivity (Wildman–Crippen MR) is 56.8 cm³/mol. The molecule has 0 bridgehead atoms. The van der Waals surface area contributed by atoms with E-state index in [0.29, 0.717) is 4.47 Å². The normalized spacial score (nSPS) is 13.2. The average Bonchev–Trinajstić information content (AvgIpc) is 2.18. The van der Waals surface area contributed by atoms with Gasteiger partial charge in [0.1, 0.15) is 0 Å². The number of rotatable bonds is 4. The Bertz CT molecular complexity index is 447. The fourth-order valence-electron chi connectivity index (χ4n) is 1.11. The van der Waals surface area contributed by atoms with Crippen LogP contribution in [0.4, 0.5) is 17.6 Å². The van der Waals surface area contributed by atoms with Crippen LogP contribution in [0.2, 0.25) is 0 Å². The Hall–Kier alpha value is -1.31. The smallest absolute Gasteiger partial charge is 0.426 e. The largest absolute Gasteiger partial charge is 0.481 e. The molecule has 1 atom stereocenters. The lowest BCUT2D eigenvalue weighted by atomic mass is 10.2. The maximum atomic E-state index is 13.3. The molecule has 1 aromatic carbocycles. The highest BCUT2D eigenvalue weighted by Crippen LogP contribution is 2.29. The number of alkyl halides is 3. The van der Waals surface area contributed by atoms with Crippen molar-refractivity contribution >= 4 is 21.9 Å². The molecule has 0 radical (unpaired) electrons. The van der Waals surface area contributed by atoms with Gasteiger partial charge >= 0.3 is 12.1 Å². The van der Waals surface area contributed by atoms with Crippen molar-refractivity contribution in [1.29, 1.82) is 0 Å². The first-order valence-electron chi connectivity index (χ1n) is 4.60. The van der Waals surface area contributed by atoms with Gasteiger partial charge in [0.15, 0.2) is 11.6 Å². The topological polar surface area (TPSA) is 46.5 Å². The van der Waals surface area contributed by atoms with Gasteiger partial charge in [0.25, 0.3) is 0 Å². The van der Waals surface area contributed by atoms with Crippen LogP contribution in [0.3, 0.4) is 0 Å². The van der Waals surface area contributed by atoms with E-state index in [1.165, 1.54) is 6.07 Å². The highest BCUT2D eigenvalue weighted by atomic mass is 79.9. The molecule has 18 heavy (non-hydrogen) atoms. The predicted octanol–water partition coefficient (Wildman–Crippen LogP) is 3.37. The third-order valence-corrected chi connectivity index (χ3v) is 2.38. The van der Waals surface area contributed by atoms with E-state index in [2.05, 4.69) is 20.7 Å². The van der Waals surface area contributed by atoms with Crippen LogP contribution < -0.4 is 4.74 Å². The zero-order chi connectivity index (χ0) is 13.9. The molecule has 0 aliphatic rings. The van der Waals surface area contributed by atoms with Gasteiger partial charge in [0.05, 0.1) is 6.42 Å². The molecule has 0 heterocycles. The third-order valence-electron chi connectivity index (χ3n) is 1.89. The maximum absolute atomic E-state index is 13.3. The molecule has 1 rings (SSSR count). The first-order chi connectivity index (χ1) is 8.20. The van der Waals surface area contributed by atoms with Crippen molar-refractivity contribution in [2.45, 2.75) is 18.7 Å². The van der Waals surface area contributed by atoms with Crippen LogP contribution in [0.1, 0.15) is 6.42 Å². The molecule has 0 spiro atoms. The lowest BCUT2D eigenvalue weighted by molar-refractivity contribution is -0.201. The van der Waals surface area contributed by atoms with Crippen LogP contribution in [-0.2, 0) is 4.79 Å². The van der Waals surface area contributed by atoms with E-state index in [1.54, 1.807) is 0 Å². The second-order valence-electron chi connectivity index (χ2n) is 3.32. The summed E-state index contributed by atoms with van der Waals surface area (Å²) >= 11 is 2.93. The van der Waals surface area contributed by atoms with Gasteiger partial charge < -0.3 is 9.84 Å². The molecule has 3 nitrogen and oxygen atoms in total. The van der Waals surface area contributed by atoms with Crippen LogP contribution in [0, 0.1) is 5.82 Å². The molecule has 1 N–H and O–H groups in total. The average molecular weight is 331 g/mol. The highest BCUT2D eigenvalue weighted by Gasteiger charge is 2.43. The van der Waals surface area contributed by atoms with Crippen molar-refractivity contribution in [2.24, 2.45) is 0 Å². The quantitative estimate of drug-likeness (QED) is 0.861. The molecule has 0 saturated heterocycles. The summed E-state index contributed by atoms with van der Waals surface area (Å²) < 4.78 is 55.3. The maximum Gasteiger partial charge on any atom is 0.426 e. The van der Waals surface area contributed by atoms with E-state index in [0.717, 1.165) is 12.1 Å². The Morgan fingerprint density at radius 1 is 1.44 bits per heavy atom. The summed E-state index contributed by atoms with van der Waals surface area (Å²) in [5, 5.41) is 8.36. The minimum Gasteiger partial charge on any atom is -0.481 e. The van der Waals surface area contributed by atoms with Crippen LogP contribution in [-0.4, -0.2) is 23.4 Å². The Morgan fingerprint density at radius 3 is 2.50 bits per heavy atom. The second kappa shape index (κ2) is 5.55. The van der Waals surface area contributed by atoms with Crippen LogP contribution >= 0.6 is 15.9 Å². The molecular weight excluding hydrogens is 324 g/mol. The number of ether oxygens (including phenoxy) is 1. The zero-order valence-corrected chi connectivity index (χ0v) is 10.3. The van der Waals surface area contributed by atoms with Gasteiger partial charge in [-0.2, -0.15) is 13.2 Å². The first-order valence-corrected chi connectivity index (χ1v) is 5.39. The Kier molecular flexibility index (Phi) is 4.55. The molecule has 0 amide bonds. The van der Waals surface area contributed by atoms with Crippen molar-refractivity contribution in [3.05, 3.63) is 28.5 Å². The van der Waals surface area contributed by atoms with Crippen molar-refractivity contribution in [1.82, 2.24) is 0 Å². The molecule has 100 valence electrons. The fraction of sp³-hybridized carbons (Fsp3) is 0.300. The minimum absolute atomic E-state index is 0.328. The summed E-state index contributed by atoms with van der Waals surface area (Å²) in [5.74, 6) is -3.35. The number of carboxylic acids is 1. The van der Waals surface area contributed by atoms with Gasteiger partial charge in [-0.05, 0) is 18.2 Å². The lowest BCUT2D eigenvalue weighted by Crippen LogP contribution is -2.36. The molecule has 0 aromatic heterocycles. The number of carboxylic acid groups (broad SMARTS) is 1. The number of hydrogen-bond acceptors (Lipinski definition) is 2. The lowest BCUT2D eigenvalue weighted by Gasteiger charge is -2.20. The van der Waals surface area contributed by atoms with Gasteiger partial charge in [-0.15, -0.1) is 0 Å². The summed E-state index contributed by atoms with van der Waals surface area (Å²) in [6.07, 6.45) is -8.78. The molecule has 0 aliphatic carbocycles. The van der Waals surface area contributed by atoms with Gasteiger partial charge in [0, 0.05) is 4.47 Å². The molecular formula is C10H7BrF4O3. The molecule has 0 aliphatic heterocycles. The summed E-state index contributed by atoms with van der Waals surface area (Å²) in [5.41, 5.74) is 0. The first kappa shape index (κ1) is 14.7. The zero-order valence-electron chi connectivity index (χ0n) is 8.67. The molecule has 1 unspecified atom stereocenters. The monoisotopic (exact) mass is 330 g/mol. The van der Waals surface area contributed by atoms with Crippen molar-refractivity contribution < 1.29 is 32.2 Å². The summed E-state index contributed by atoms with van der Waals surface area (Å²) in [4.78, 5) is 10.3. The van der Waals surface area contributed by atoms with Gasteiger partial charge in [-0.3, -0.25) is 4.79 Å². The van der Waals surface area contributed by atoms with E-state index in [9.17, 15) is 22.4 Å². The SMILES string of the molecule is O=C(O)CC(Oc1ccc(Br)cc1F)C(F)(F)F. The number of benzene rings is 1. The van der Waals surface area contributed by atoms with Crippen LogP contribution in [0.5, 0.6) is 5.75 Å². The summed E-state index contributed by atoms with van der Waals surface area (Å²) in [6, 6.07) is 3.19. The molecule has 8 heteroatoms.